The topological polar surface area (TPSA) is 15.3 Å². The molecule has 4 unspecified atom stereocenters. The van der Waals surface area contributed by atoms with E-state index < -0.39 is 0 Å². The fourth-order valence-electron chi connectivity index (χ4n) is 4.32. The molecule has 3 heteroatoms. The lowest BCUT2D eigenvalue weighted by molar-refractivity contribution is 0.337. The fourth-order valence-corrected chi connectivity index (χ4v) is 5.03. The Hall–Kier alpha value is -0.540. The molecule has 3 rings (SSSR count). The first-order valence-electron chi connectivity index (χ1n) is 8.26. The van der Waals surface area contributed by atoms with Crippen LogP contribution in [0.4, 0.5) is 5.69 Å². The lowest BCUT2D eigenvalue weighted by Crippen LogP contribution is -2.28. The van der Waals surface area contributed by atoms with Crippen molar-refractivity contribution >= 4 is 21.6 Å². The Morgan fingerprint density at radius 1 is 1.33 bits per heavy atom. The lowest BCUT2D eigenvalue weighted by Gasteiger charge is -2.29. The van der Waals surface area contributed by atoms with Crippen LogP contribution in [0.3, 0.4) is 0 Å². The highest BCUT2D eigenvalue weighted by Crippen LogP contribution is 2.48. The van der Waals surface area contributed by atoms with E-state index in [0.717, 1.165) is 17.8 Å². The highest BCUT2D eigenvalue weighted by molar-refractivity contribution is 9.10. The zero-order chi connectivity index (χ0) is 15.0. The smallest absolute Gasteiger partial charge is 0.0375 e. The van der Waals surface area contributed by atoms with Crippen LogP contribution in [0.25, 0.3) is 0 Å². The van der Waals surface area contributed by atoms with E-state index >= 15 is 0 Å². The highest BCUT2D eigenvalue weighted by Gasteiger charge is 2.39. The number of hydrogen-bond acceptors (Lipinski definition) is 2. The lowest BCUT2D eigenvalue weighted by atomic mass is 9.88. The molecule has 0 aliphatic heterocycles. The zero-order valence-corrected chi connectivity index (χ0v) is 15.0. The molecule has 2 nitrogen and oxygen atoms in total. The van der Waals surface area contributed by atoms with Gasteiger partial charge in [0.1, 0.15) is 0 Å². The third-order valence-corrected chi connectivity index (χ3v) is 6.40. The van der Waals surface area contributed by atoms with Crippen LogP contribution in [-0.4, -0.2) is 20.6 Å². The van der Waals surface area contributed by atoms with Gasteiger partial charge in [0.2, 0.25) is 0 Å². The molecular formula is C18H27BrN2. The van der Waals surface area contributed by atoms with E-state index in [2.05, 4.69) is 58.3 Å². The third kappa shape index (κ3) is 3.14. The Morgan fingerprint density at radius 2 is 2.14 bits per heavy atom. The number of benzene rings is 1. The molecular weight excluding hydrogens is 324 g/mol. The van der Waals surface area contributed by atoms with Gasteiger partial charge in [-0.2, -0.15) is 0 Å². The summed E-state index contributed by atoms with van der Waals surface area (Å²) in [5, 5.41) is 3.30. The first-order chi connectivity index (χ1) is 10.1. The van der Waals surface area contributed by atoms with Crippen LogP contribution in [0.1, 0.15) is 44.2 Å². The largest absolute Gasteiger partial charge is 0.374 e. The second-order valence-corrected chi connectivity index (χ2v) is 7.89. The van der Waals surface area contributed by atoms with Crippen LogP contribution in [-0.2, 0) is 0 Å². The van der Waals surface area contributed by atoms with Gasteiger partial charge in [0.15, 0.2) is 0 Å². The van der Waals surface area contributed by atoms with Crippen molar-refractivity contribution in [3.8, 4) is 0 Å². The van der Waals surface area contributed by atoms with Gasteiger partial charge in [-0.3, -0.25) is 0 Å². The minimum atomic E-state index is 0.379. The number of nitrogens with zero attached hydrogens (tertiary/aromatic N) is 1. The zero-order valence-electron chi connectivity index (χ0n) is 13.4. The van der Waals surface area contributed by atoms with Gasteiger partial charge < -0.3 is 10.2 Å². The first kappa shape index (κ1) is 15.4. The molecule has 116 valence electrons. The van der Waals surface area contributed by atoms with Crippen molar-refractivity contribution in [2.45, 2.75) is 38.6 Å². The Labute approximate surface area is 137 Å². The predicted octanol–water partition coefficient (Wildman–Crippen LogP) is 4.60. The summed E-state index contributed by atoms with van der Waals surface area (Å²) in [5.41, 5.74) is 2.66. The fraction of sp³-hybridized carbons (Fsp3) is 0.667. The van der Waals surface area contributed by atoms with Gasteiger partial charge in [-0.25, -0.2) is 0 Å². The summed E-state index contributed by atoms with van der Waals surface area (Å²) in [7, 11) is 4.25. The summed E-state index contributed by atoms with van der Waals surface area (Å²) < 4.78 is 1.21. The molecule has 2 saturated carbocycles. The quantitative estimate of drug-likeness (QED) is 0.834. The Bertz CT molecular complexity index is 502. The maximum atomic E-state index is 3.74. The number of nitrogens with one attached hydrogen (secondary N) is 1. The summed E-state index contributed by atoms with van der Waals surface area (Å²) in [4.78, 5) is 2.45. The van der Waals surface area contributed by atoms with Gasteiger partial charge in [0.05, 0.1) is 0 Å². The molecule has 0 amide bonds. The van der Waals surface area contributed by atoms with E-state index in [1.54, 1.807) is 0 Å². The second-order valence-electron chi connectivity index (χ2n) is 7.03. The minimum Gasteiger partial charge on any atom is -0.374 e. The maximum absolute atomic E-state index is 3.74. The second kappa shape index (κ2) is 6.29. The molecule has 0 heterocycles. The molecule has 0 spiro atoms. The average Bonchev–Trinajstić information content (AvgIpc) is 3.08. The number of hydrogen-bond donors (Lipinski definition) is 1. The van der Waals surface area contributed by atoms with E-state index in [4.69, 9.17) is 0 Å². The molecule has 21 heavy (non-hydrogen) atoms. The van der Waals surface area contributed by atoms with Crippen LogP contribution < -0.4 is 10.2 Å². The van der Waals surface area contributed by atoms with E-state index in [-0.39, 0.29) is 0 Å². The van der Waals surface area contributed by atoms with Crippen molar-refractivity contribution in [2.24, 2.45) is 17.8 Å². The van der Waals surface area contributed by atoms with E-state index in [0.29, 0.717) is 6.04 Å². The average molecular weight is 351 g/mol. The molecule has 4 atom stereocenters. The molecule has 1 aromatic rings. The van der Waals surface area contributed by atoms with Crippen molar-refractivity contribution < 1.29 is 0 Å². The normalized spacial score (nSPS) is 28.9. The van der Waals surface area contributed by atoms with Gasteiger partial charge in [-0.1, -0.05) is 28.4 Å². The third-order valence-electron chi connectivity index (χ3n) is 5.72. The van der Waals surface area contributed by atoms with Crippen LogP contribution in [0.2, 0.25) is 0 Å². The summed E-state index contributed by atoms with van der Waals surface area (Å²) in [5.74, 6) is 2.96. The molecule has 1 aromatic carbocycles. The van der Waals surface area contributed by atoms with Crippen molar-refractivity contribution in [3.05, 3.63) is 28.2 Å². The van der Waals surface area contributed by atoms with Crippen LogP contribution in [0, 0.1) is 17.8 Å². The predicted molar refractivity (Wildman–Crippen MR) is 93.8 cm³/mol. The van der Waals surface area contributed by atoms with Crippen LogP contribution in [0.15, 0.2) is 22.7 Å². The molecule has 0 radical (unpaired) electrons. The summed E-state index contributed by atoms with van der Waals surface area (Å²) in [6.07, 6.45) is 5.93. The van der Waals surface area contributed by atoms with Gasteiger partial charge in [-0.05, 0) is 68.7 Å². The molecule has 0 saturated heterocycles. The maximum Gasteiger partial charge on any atom is 0.0375 e. The number of anilines is 1. The van der Waals surface area contributed by atoms with Crippen molar-refractivity contribution in [3.63, 3.8) is 0 Å². The molecule has 1 N–H and O–H groups in total. The van der Waals surface area contributed by atoms with Crippen LogP contribution >= 0.6 is 15.9 Å². The minimum absolute atomic E-state index is 0.379. The summed E-state index contributed by atoms with van der Waals surface area (Å²) in [6.45, 7) is 3.41. The van der Waals surface area contributed by atoms with Gasteiger partial charge in [0.25, 0.3) is 0 Å². The summed E-state index contributed by atoms with van der Waals surface area (Å²) in [6, 6.07) is 7.17. The van der Waals surface area contributed by atoms with Gasteiger partial charge in [-0.15, -0.1) is 0 Å². The molecule has 2 aliphatic carbocycles. The highest BCUT2D eigenvalue weighted by atomic mass is 79.9. The Kier molecular flexibility index (Phi) is 4.60. The summed E-state index contributed by atoms with van der Waals surface area (Å²) >= 11 is 3.74. The molecule has 2 fully saturated rings. The number of halogens is 1. The van der Waals surface area contributed by atoms with Crippen molar-refractivity contribution in [2.75, 3.05) is 25.5 Å². The Balaban J connectivity index is 1.67. The van der Waals surface area contributed by atoms with Gasteiger partial charge in [0, 0.05) is 29.8 Å². The molecule has 2 aliphatic rings. The number of rotatable bonds is 5. The van der Waals surface area contributed by atoms with Crippen molar-refractivity contribution in [1.82, 2.24) is 5.32 Å². The molecule has 0 aromatic heterocycles. The van der Waals surface area contributed by atoms with Crippen LogP contribution in [0.5, 0.6) is 0 Å². The number of fused-ring (bicyclic) bond motifs is 2. The molecule has 2 bridgehead atoms. The standard InChI is InChI=1S/C18H27BrN2/c1-12(20-2)17-7-6-16(10-18(17)19)21(3)11-15-9-13-4-5-14(15)8-13/h6-7,10,12-15,20H,4-5,8-9,11H2,1-3H3. The van der Waals surface area contributed by atoms with Gasteiger partial charge >= 0.3 is 0 Å². The van der Waals surface area contributed by atoms with E-state index in [9.17, 15) is 0 Å². The van der Waals surface area contributed by atoms with E-state index in [1.165, 1.54) is 48.0 Å². The van der Waals surface area contributed by atoms with E-state index in [1.807, 2.05) is 7.05 Å². The SMILES string of the molecule is CNC(C)c1ccc(N(C)CC2CC3CCC2C3)cc1Br. The monoisotopic (exact) mass is 350 g/mol. The first-order valence-corrected chi connectivity index (χ1v) is 9.05. The Morgan fingerprint density at radius 3 is 2.71 bits per heavy atom. The van der Waals surface area contributed by atoms with Crippen molar-refractivity contribution in [1.29, 1.82) is 0 Å².